The van der Waals surface area contributed by atoms with Crippen molar-refractivity contribution in [3.63, 3.8) is 0 Å². The van der Waals surface area contributed by atoms with Crippen LogP contribution in [0.4, 0.5) is 16.2 Å². The van der Waals surface area contributed by atoms with E-state index in [0.717, 1.165) is 29.9 Å². The number of piperazine rings is 1. The zero-order chi connectivity index (χ0) is 19.6. The maximum atomic E-state index is 12.7. The van der Waals surface area contributed by atoms with E-state index < -0.39 is 0 Å². The third-order valence-corrected chi connectivity index (χ3v) is 5.20. The van der Waals surface area contributed by atoms with Crippen LogP contribution in [0.5, 0.6) is 5.75 Å². The molecule has 1 aliphatic heterocycles. The van der Waals surface area contributed by atoms with Crippen molar-refractivity contribution in [2.24, 2.45) is 0 Å². The van der Waals surface area contributed by atoms with E-state index in [9.17, 15) is 4.79 Å². The number of hydrogen-bond donors (Lipinski definition) is 1. The Hall–Kier alpha value is -2.69. The third kappa shape index (κ3) is 4.35. The van der Waals surface area contributed by atoms with Crippen molar-refractivity contribution in [2.45, 2.75) is 27.7 Å². The molecule has 1 N–H and O–H groups in total. The molecule has 144 valence electrons. The fourth-order valence-corrected chi connectivity index (χ4v) is 3.55. The van der Waals surface area contributed by atoms with Gasteiger partial charge in [-0.25, -0.2) is 4.79 Å². The fraction of sp³-hybridized carbons (Fsp3) is 0.409. The number of aryl methyl sites for hydroxylation is 4. The van der Waals surface area contributed by atoms with Crippen LogP contribution in [0.1, 0.15) is 22.3 Å². The molecule has 0 spiro atoms. The van der Waals surface area contributed by atoms with Gasteiger partial charge < -0.3 is 19.9 Å². The number of ether oxygens (including phenoxy) is 1. The molecular weight excluding hydrogens is 338 g/mol. The lowest BCUT2D eigenvalue weighted by Crippen LogP contribution is -2.50. The molecule has 1 fully saturated rings. The molecule has 1 saturated heterocycles. The highest BCUT2D eigenvalue weighted by atomic mass is 16.5. The third-order valence-electron chi connectivity index (χ3n) is 5.20. The average Bonchev–Trinajstić information content (AvgIpc) is 2.63. The van der Waals surface area contributed by atoms with Gasteiger partial charge in [-0.15, -0.1) is 0 Å². The fourth-order valence-electron chi connectivity index (χ4n) is 3.55. The summed E-state index contributed by atoms with van der Waals surface area (Å²) in [5.74, 6) is 0.695. The SMILES string of the molecule is COc1cc(C)c(C)cc1NC(=O)N1CCN(c2cc(C)cc(C)c2)CC1. The number of nitrogens with zero attached hydrogens (tertiary/aromatic N) is 2. The summed E-state index contributed by atoms with van der Waals surface area (Å²) < 4.78 is 5.43. The molecular formula is C22H29N3O2. The summed E-state index contributed by atoms with van der Waals surface area (Å²) in [7, 11) is 1.63. The molecule has 27 heavy (non-hydrogen) atoms. The Morgan fingerprint density at radius 1 is 0.889 bits per heavy atom. The van der Waals surface area contributed by atoms with Gasteiger partial charge in [-0.05, 0) is 74.2 Å². The van der Waals surface area contributed by atoms with E-state index in [4.69, 9.17) is 4.74 Å². The molecule has 2 amide bonds. The summed E-state index contributed by atoms with van der Waals surface area (Å²) >= 11 is 0. The van der Waals surface area contributed by atoms with Crippen molar-refractivity contribution in [3.05, 3.63) is 52.6 Å². The molecule has 1 aliphatic rings. The number of carbonyl (C=O) groups excluding carboxylic acids is 1. The molecule has 2 aromatic rings. The highest BCUT2D eigenvalue weighted by molar-refractivity contribution is 5.91. The predicted octanol–water partition coefficient (Wildman–Crippen LogP) is 4.28. The number of anilines is 2. The summed E-state index contributed by atoms with van der Waals surface area (Å²) in [5.41, 5.74) is 6.78. The minimum Gasteiger partial charge on any atom is -0.495 e. The molecule has 3 rings (SSSR count). The Bertz CT molecular complexity index is 819. The molecule has 0 atom stereocenters. The highest BCUT2D eigenvalue weighted by Gasteiger charge is 2.22. The van der Waals surface area contributed by atoms with Crippen LogP contribution in [-0.2, 0) is 0 Å². The van der Waals surface area contributed by atoms with Gasteiger partial charge >= 0.3 is 6.03 Å². The Balaban J connectivity index is 1.64. The minimum absolute atomic E-state index is 0.0726. The Morgan fingerprint density at radius 3 is 2.07 bits per heavy atom. The molecule has 0 unspecified atom stereocenters. The van der Waals surface area contributed by atoms with Crippen LogP contribution in [-0.4, -0.2) is 44.2 Å². The second-order valence-corrected chi connectivity index (χ2v) is 7.39. The zero-order valence-corrected chi connectivity index (χ0v) is 16.9. The van der Waals surface area contributed by atoms with E-state index in [2.05, 4.69) is 42.3 Å². The predicted molar refractivity (Wildman–Crippen MR) is 111 cm³/mol. The standard InChI is InChI=1S/C22H29N3O2/c1-15-10-16(2)12-19(11-15)24-6-8-25(9-7-24)22(26)23-20-13-17(3)18(4)14-21(20)27-5/h10-14H,6-9H2,1-5H3,(H,23,26). The van der Waals surface area contributed by atoms with Crippen molar-refractivity contribution < 1.29 is 9.53 Å². The van der Waals surface area contributed by atoms with Gasteiger partial charge in [0, 0.05) is 31.9 Å². The summed E-state index contributed by atoms with van der Waals surface area (Å²) in [6.45, 7) is 11.4. The minimum atomic E-state index is -0.0726. The summed E-state index contributed by atoms with van der Waals surface area (Å²) in [6, 6.07) is 10.5. The van der Waals surface area contributed by atoms with E-state index in [-0.39, 0.29) is 6.03 Å². The van der Waals surface area contributed by atoms with Crippen molar-refractivity contribution in [3.8, 4) is 5.75 Å². The van der Waals surface area contributed by atoms with Gasteiger partial charge in [-0.2, -0.15) is 0 Å². The van der Waals surface area contributed by atoms with E-state index >= 15 is 0 Å². The van der Waals surface area contributed by atoms with Crippen molar-refractivity contribution >= 4 is 17.4 Å². The second kappa shape index (κ2) is 7.91. The van der Waals surface area contributed by atoms with Crippen LogP contribution in [0.3, 0.4) is 0 Å². The highest BCUT2D eigenvalue weighted by Crippen LogP contribution is 2.28. The van der Waals surface area contributed by atoms with Crippen LogP contribution in [0.15, 0.2) is 30.3 Å². The maximum absolute atomic E-state index is 12.7. The lowest BCUT2D eigenvalue weighted by molar-refractivity contribution is 0.208. The van der Waals surface area contributed by atoms with Crippen LogP contribution in [0.2, 0.25) is 0 Å². The van der Waals surface area contributed by atoms with Crippen molar-refractivity contribution in [2.75, 3.05) is 43.5 Å². The number of nitrogens with one attached hydrogen (secondary N) is 1. The number of urea groups is 1. The smallest absolute Gasteiger partial charge is 0.322 e. The molecule has 0 bridgehead atoms. The number of methoxy groups -OCH3 is 1. The Morgan fingerprint density at radius 2 is 1.48 bits per heavy atom. The molecule has 1 heterocycles. The Labute approximate surface area is 161 Å². The first kappa shape index (κ1) is 19.1. The largest absolute Gasteiger partial charge is 0.495 e. The summed E-state index contributed by atoms with van der Waals surface area (Å²) in [5, 5.41) is 3.02. The molecule has 0 aromatic heterocycles. The van der Waals surface area contributed by atoms with Crippen LogP contribution in [0.25, 0.3) is 0 Å². The van der Waals surface area contributed by atoms with Gasteiger partial charge in [0.15, 0.2) is 0 Å². The van der Waals surface area contributed by atoms with E-state index in [0.29, 0.717) is 18.8 Å². The summed E-state index contributed by atoms with van der Waals surface area (Å²) in [4.78, 5) is 16.9. The lowest BCUT2D eigenvalue weighted by Gasteiger charge is -2.36. The van der Waals surface area contributed by atoms with Gasteiger partial charge in [-0.3, -0.25) is 0 Å². The molecule has 2 aromatic carbocycles. The Kier molecular flexibility index (Phi) is 5.59. The van der Waals surface area contributed by atoms with Gasteiger partial charge in [0.05, 0.1) is 12.8 Å². The van der Waals surface area contributed by atoms with Gasteiger partial charge in [-0.1, -0.05) is 6.07 Å². The second-order valence-electron chi connectivity index (χ2n) is 7.39. The number of amides is 2. The quantitative estimate of drug-likeness (QED) is 0.880. The first-order chi connectivity index (χ1) is 12.9. The van der Waals surface area contributed by atoms with Gasteiger partial charge in [0.1, 0.15) is 5.75 Å². The molecule has 5 nitrogen and oxygen atoms in total. The normalized spacial score (nSPS) is 14.3. The van der Waals surface area contributed by atoms with Gasteiger partial charge in [0.25, 0.3) is 0 Å². The van der Waals surface area contributed by atoms with Gasteiger partial charge in [0.2, 0.25) is 0 Å². The van der Waals surface area contributed by atoms with Crippen LogP contribution < -0.4 is 15.0 Å². The first-order valence-electron chi connectivity index (χ1n) is 9.42. The number of hydrogen-bond acceptors (Lipinski definition) is 3. The number of carbonyl (C=O) groups is 1. The molecule has 0 aliphatic carbocycles. The molecule has 0 radical (unpaired) electrons. The molecule has 0 saturated carbocycles. The lowest BCUT2D eigenvalue weighted by atomic mass is 10.1. The first-order valence-corrected chi connectivity index (χ1v) is 9.42. The number of benzene rings is 2. The van der Waals surface area contributed by atoms with Crippen molar-refractivity contribution in [1.82, 2.24) is 4.90 Å². The summed E-state index contributed by atoms with van der Waals surface area (Å²) in [6.07, 6.45) is 0. The molecule has 5 heteroatoms. The van der Waals surface area contributed by atoms with Crippen LogP contribution in [0, 0.1) is 27.7 Å². The zero-order valence-electron chi connectivity index (χ0n) is 16.9. The average molecular weight is 367 g/mol. The monoisotopic (exact) mass is 367 g/mol. The maximum Gasteiger partial charge on any atom is 0.322 e. The van der Waals surface area contributed by atoms with E-state index in [1.54, 1.807) is 7.11 Å². The van der Waals surface area contributed by atoms with Crippen LogP contribution >= 0.6 is 0 Å². The topological polar surface area (TPSA) is 44.8 Å². The van der Waals surface area contributed by atoms with E-state index in [1.165, 1.54) is 16.8 Å². The number of rotatable bonds is 3. The van der Waals surface area contributed by atoms with E-state index in [1.807, 2.05) is 30.9 Å². The van der Waals surface area contributed by atoms with Crippen molar-refractivity contribution in [1.29, 1.82) is 0 Å².